The first-order valence-corrected chi connectivity index (χ1v) is 6.66. The number of carbonyl (C=O) groups excluding carboxylic acids is 1. The lowest BCUT2D eigenvalue weighted by Crippen LogP contribution is -2.29. The van der Waals surface area contributed by atoms with Crippen LogP contribution in [-0.4, -0.2) is 5.91 Å². The number of benzene rings is 2. The fraction of sp³-hybridized carbons (Fsp3) is 0.188. The van der Waals surface area contributed by atoms with Gasteiger partial charge in [0.2, 0.25) is 5.91 Å². The Labute approximate surface area is 118 Å². The maximum absolute atomic E-state index is 12.1. The Morgan fingerprint density at radius 3 is 1.95 bits per heavy atom. The molecule has 2 aromatic carbocycles. The highest BCUT2D eigenvalue weighted by molar-refractivity contribution is 6.30. The van der Waals surface area contributed by atoms with Crippen LogP contribution in [0.25, 0.3) is 0 Å². The summed E-state index contributed by atoms with van der Waals surface area (Å²) in [5.41, 5.74) is 1.87. The van der Waals surface area contributed by atoms with E-state index in [1.165, 1.54) is 0 Å². The number of hydrogen-bond donors (Lipinski definition) is 1. The molecular formula is C16H16ClNO. The molecule has 0 unspecified atom stereocenters. The third-order valence-corrected chi connectivity index (χ3v) is 3.43. The maximum atomic E-state index is 12.1. The molecule has 19 heavy (non-hydrogen) atoms. The first-order chi connectivity index (χ1) is 9.18. The molecule has 0 radical (unpaired) electrons. The quantitative estimate of drug-likeness (QED) is 0.843. The monoisotopic (exact) mass is 273 g/mol. The summed E-state index contributed by atoms with van der Waals surface area (Å²) in [5.74, 6) is -0.177. The van der Waals surface area contributed by atoms with Gasteiger partial charge in [-0.15, -0.1) is 11.6 Å². The van der Waals surface area contributed by atoms with E-state index in [2.05, 4.69) is 5.32 Å². The molecular weight excluding hydrogens is 258 g/mol. The predicted molar refractivity (Wildman–Crippen MR) is 78.0 cm³/mol. The van der Waals surface area contributed by atoms with Gasteiger partial charge < -0.3 is 5.32 Å². The van der Waals surface area contributed by atoms with Crippen molar-refractivity contribution in [2.75, 3.05) is 0 Å². The van der Waals surface area contributed by atoms with E-state index in [4.69, 9.17) is 11.6 Å². The van der Waals surface area contributed by atoms with Crippen LogP contribution >= 0.6 is 11.6 Å². The Bertz CT molecular complexity index is 527. The highest BCUT2D eigenvalue weighted by Crippen LogP contribution is 2.21. The third-order valence-electron chi connectivity index (χ3n) is 2.98. The molecule has 98 valence electrons. The van der Waals surface area contributed by atoms with Gasteiger partial charge in [-0.25, -0.2) is 0 Å². The number of rotatable bonds is 4. The second kappa shape index (κ2) is 6.39. The summed E-state index contributed by atoms with van der Waals surface area (Å²) in [4.78, 5) is 12.1. The van der Waals surface area contributed by atoms with Gasteiger partial charge in [-0.05, 0) is 18.1 Å². The molecule has 0 spiro atoms. The first-order valence-electron chi connectivity index (χ1n) is 6.23. The zero-order valence-electron chi connectivity index (χ0n) is 10.7. The topological polar surface area (TPSA) is 29.1 Å². The van der Waals surface area contributed by atoms with Gasteiger partial charge in [0.15, 0.2) is 0 Å². The van der Waals surface area contributed by atoms with E-state index in [9.17, 15) is 4.79 Å². The van der Waals surface area contributed by atoms with E-state index in [1.807, 2.05) is 67.6 Å². The number of amides is 1. The van der Waals surface area contributed by atoms with Gasteiger partial charge in [0, 0.05) is 0 Å². The summed E-state index contributed by atoms with van der Waals surface area (Å²) in [6.07, 6.45) is 0. The van der Waals surface area contributed by atoms with Crippen molar-refractivity contribution in [1.82, 2.24) is 5.32 Å². The second-order valence-corrected chi connectivity index (χ2v) is 4.85. The lowest BCUT2D eigenvalue weighted by molar-refractivity contribution is -0.121. The molecule has 1 N–H and O–H groups in total. The number of hydrogen-bond acceptors (Lipinski definition) is 1. The zero-order chi connectivity index (χ0) is 13.7. The van der Waals surface area contributed by atoms with Crippen molar-refractivity contribution in [2.45, 2.75) is 18.3 Å². The number of halogens is 1. The van der Waals surface area contributed by atoms with Crippen molar-refractivity contribution >= 4 is 17.5 Å². The molecule has 0 aliphatic heterocycles. The number of alkyl halides is 1. The number of nitrogens with one attached hydrogen (secondary N) is 1. The third kappa shape index (κ3) is 3.58. The fourth-order valence-electron chi connectivity index (χ4n) is 1.88. The highest BCUT2D eigenvalue weighted by atomic mass is 35.5. The summed E-state index contributed by atoms with van der Waals surface area (Å²) in [6.45, 7) is 1.95. The van der Waals surface area contributed by atoms with Crippen molar-refractivity contribution in [3.05, 3.63) is 71.8 Å². The minimum absolute atomic E-state index is 0.0568. The number of carbonyl (C=O) groups is 1. The molecule has 2 rings (SSSR count). The molecule has 2 atom stereocenters. The van der Waals surface area contributed by atoms with Crippen LogP contribution in [0.2, 0.25) is 0 Å². The van der Waals surface area contributed by atoms with E-state index in [0.29, 0.717) is 0 Å². The molecule has 0 fully saturated rings. The van der Waals surface area contributed by atoms with Gasteiger partial charge in [-0.2, -0.15) is 0 Å². The summed E-state index contributed by atoms with van der Waals surface area (Å²) < 4.78 is 0. The van der Waals surface area contributed by atoms with Gasteiger partial charge >= 0.3 is 0 Å². The molecule has 0 aliphatic carbocycles. The normalized spacial score (nSPS) is 13.6. The van der Waals surface area contributed by atoms with Crippen LogP contribution in [0.3, 0.4) is 0 Å². The lowest BCUT2D eigenvalue weighted by Gasteiger charge is -2.17. The SMILES string of the molecule is C[C@H](NC(=O)[C@@H](Cl)c1ccccc1)c1ccccc1. The molecule has 0 saturated carbocycles. The van der Waals surface area contributed by atoms with Gasteiger partial charge in [-0.1, -0.05) is 60.7 Å². The van der Waals surface area contributed by atoms with Crippen LogP contribution in [0.15, 0.2) is 60.7 Å². The first kappa shape index (κ1) is 13.6. The van der Waals surface area contributed by atoms with E-state index in [1.54, 1.807) is 0 Å². The van der Waals surface area contributed by atoms with Gasteiger partial charge in [-0.3, -0.25) is 4.79 Å². The van der Waals surface area contributed by atoms with E-state index in [-0.39, 0.29) is 11.9 Å². The minimum atomic E-state index is -0.660. The zero-order valence-corrected chi connectivity index (χ0v) is 11.5. The van der Waals surface area contributed by atoms with Crippen LogP contribution in [0.4, 0.5) is 0 Å². The molecule has 0 heterocycles. The molecule has 0 bridgehead atoms. The predicted octanol–water partition coefficient (Wildman–Crippen LogP) is 3.84. The maximum Gasteiger partial charge on any atom is 0.243 e. The van der Waals surface area contributed by atoms with E-state index in [0.717, 1.165) is 11.1 Å². The van der Waals surface area contributed by atoms with Gasteiger partial charge in [0.25, 0.3) is 0 Å². The smallest absolute Gasteiger partial charge is 0.243 e. The largest absolute Gasteiger partial charge is 0.348 e. The molecule has 0 saturated heterocycles. The Morgan fingerprint density at radius 1 is 0.947 bits per heavy atom. The van der Waals surface area contributed by atoms with Crippen LogP contribution in [-0.2, 0) is 4.79 Å². The van der Waals surface area contributed by atoms with Crippen molar-refractivity contribution in [1.29, 1.82) is 0 Å². The van der Waals surface area contributed by atoms with Crippen molar-refractivity contribution in [3.63, 3.8) is 0 Å². The summed E-state index contributed by atoms with van der Waals surface area (Å²) in [7, 11) is 0. The van der Waals surface area contributed by atoms with Crippen LogP contribution in [0, 0.1) is 0 Å². The molecule has 0 aromatic heterocycles. The minimum Gasteiger partial charge on any atom is -0.348 e. The molecule has 3 heteroatoms. The van der Waals surface area contributed by atoms with Crippen molar-refractivity contribution in [2.24, 2.45) is 0 Å². The summed E-state index contributed by atoms with van der Waals surface area (Å²) in [6, 6.07) is 19.1. The van der Waals surface area contributed by atoms with Gasteiger partial charge in [0.05, 0.1) is 6.04 Å². The highest BCUT2D eigenvalue weighted by Gasteiger charge is 2.19. The second-order valence-electron chi connectivity index (χ2n) is 4.41. The summed E-state index contributed by atoms with van der Waals surface area (Å²) in [5, 5.41) is 2.26. The standard InChI is InChI=1S/C16H16ClNO/c1-12(13-8-4-2-5-9-13)18-16(19)15(17)14-10-6-3-7-11-14/h2-12,15H,1H3,(H,18,19)/t12-,15-/m0/s1. The molecule has 2 nitrogen and oxygen atoms in total. The lowest BCUT2D eigenvalue weighted by atomic mass is 10.1. The van der Waals surface area contributed by atoms with Crippen molar-refractivity contribution < 1.29 is 4.79 Å². The molecule has 1 amide bonds. The van der Waals surface area contributed by atoms with E-state index < -0.39 is 5.38 Å². The Morgan fingerprint density at radius 2 is 1.42 bits per heavy atom. The van der Waals surface area contributed by atoms with Crippen molar-refractivity contribution in [3.8, 4) is 0 Å². The Balaban J connectivity index is 2.02. The Kier molecular flexibility index (Phi) is 4.58. The van der Waals surface area contributed by atoms with E-state index >= 15 is 0 Å². The Hall–Kier alpha value is -1.80. The van der Waals surface area contributed by atoms with Crippen LogP contribution in [0.5, 0.6) is 0 Å². The van der Waals surface area contributed by atoms with Crippen LogP contribution in [0.1, 0.15) is 29.5 Å². The van der Waals surface area contributed by atoms with Crippen LogP contribution < -0.4 is 5.32 Å². The molecule has 2 aromatic rings. The average molecular weight is 274 g/mol. The molecule has 0 aliphatic rings. The summed E-state index contributed by atoms with van der Waals surface area (Å²) >= 11 is 6.18. The average Bonchev–Trinajstić information content (AvgIpc) is 2.48. The van der Waals surface area contributed by atoms with Gasteiger partial charge in [0.1, 0.15) is 5.38 Å². The fourth-order valence-corrected chi connectivity index (χ4v) is 2.09.